The molecule has 1 atom stereocenters. The summed E-state index contributed by atoms with van der Waals surface area (Å²) in [5.41, 5.74) is -0.120. The van der Waals surface area contributed by atoms with E-state index in [1.54, 1.807) is 31.2 Å². The van der Waals surface area contributed by atoms with E-state index in [9.17, 15) is 38.0 Å². The van der Waals surface area contributed by atoms with E-state index in [0.717, 1.165) is 12.1 Å². The number of urea groups is 1. The van der Waals surface area contributed by atoms with Gasteiger partial charge >= 0.3 is 30.3 Å². The number of benzene rings is 2. The van der Waals surface area contributed by atoms with Gasteiger partial charge in [-0.15, -0.1) is 13.2 Å². The maximum Gasteiger partial charge on any atom is 0.573 e. The lowest BCUT2D eigenvalue weighted by Gasteiger charge is -2.37. The molecule has 1 fully saturated rings. The van der Waals surface area contributed by atoms with E-state index in [-0.39, 0.29) is 49.8 Å². The maximum atomic E-state index is 13.5. The van der Waals surface area contributed by atoms with Gasteiger partial charge < -0.3 is 39.6 Å². The van der Waals surface area contributed by atoms with Gasteiger partial charge in [0.2, 0.25) is 0 Å². The highest BCUT2D eigenvalue weighted by Crippen LogP contribution is 2.33. The minimum absolute atomic E-state index is 0.0927. The molecule has 3 heterocycles. The van der Waals surface area contributed by atoms with E-state index in [4.69, 9.17) is 9.47 Å². The number of carbonyl (C=O) groups excluding carboxylic acids is 1. The van der Waals surface area contributed by atoms with Crippen molar-refractivity contribution in [3.05, 3.63) is 64.8 Å². The number of halogens is 3. The molecular formula is C27H27F3N6O8. The third-order valence-corrected chi connectivity index (χ3v) is 7.07. The molecular weight excluding hydrogens is 593 g/mol. The van der Waals surface area contributed by atoms with Crippen LogP contribution < -0.4 is 24.4 Å². The summed E-state index contributed by atoms with van der Waals surface area (Å²) < 4.78 is 54.6. The van der Waals surface area contributed by atoms with E-state index in [1.165, 1.54) is 32.7 Å². The molecule has 2 aromatic carbocycles. The topological polar surface area (TPSA) is 162 Å². The largest absolute Gasteiger partial charge is 0.573 e. The van der Waals surface area contributed by atoms with Crippen LogP contribution in [0.4, 0.5) is 40.0 Å². The average Bonchev–Trinajstić information content (AvgIpc) is 3.49. The number of rotatable bonds is 8. The van der Waals surface area contributed by atoms with E-state index in [1.807, 2.05) is 0 Å². The number of anilines is 2. The summed E-state index contributed by atoms with van der Waals surface area (Å²) in [6.45, 7) is 2.59. The van der Waals surface area contributed by atoms with Crippen molar-refractivity contribution in [3.63, 3.8) is 0 Å². The molecule has 0 bridgehead atoms. The van der Waals surface area contributed by atoms with Crippen molar-refractivity contribution in [2.45, 2.75) is 44.3 Å². The number of piperidine rings is 1. The molecule has 0 saturated carbocycles. The number of carbonyl (C=O) groups is 2. The van der Waals surface area contributed by atoms with Crippen LogP contribution in [-0.4, -0.2) is 74.3 Å². The number of imidazole rings is 1. The van der Waals surface area contributed by atoms with Gasteiger partial charge in [-0.2, -0.15) is 0 Å². The number of fused-ring (bicyclic) bond motifs is 1. The van der Waals surface area contributed by atoms with Crippen LogP contribution in [-0.2, 0) is 6.54 Å². The zero-order chi connectivity index (χ0) is 31.6. The first kappa shape index (κ1) is 30.2. The first-order chi connectivity index (χ1) is 20.8. The van der Waals surface area contributed by atoms with Crippen LogP contribution in [0, 0.1) is 10.1 Å². The molecule has 3 amide bonds. The fraction of sp³-hybridized carbons (Fsp3) is 0.370. The van der Waals surface area contributed by atoms with E-state index < -0.39 is 34.8 Å². The van der Waals surface area contributed by atoms with Crippen molar-refractivity contribution < 1.29 is 47.0 Å². The first-order valence-electron chi connectivity index (χ1n) is 13.4. The Kier molecular flexibility index (Phi) is 8.12. The predicted molar refractivity (Wildman–Crippen MR) is 147 cm³/mol. The first-order valence-corrected chi connectivity index (χ1v) is 13.4. The second-order valence-electron chi connectivity index (χ2n) is 10.5. The summed E-state index contributed by atoms with van der Waals surface area (Å²) in [5.74, 6) is -0.296. The third-order valence-electron chi connectivity index (χ3n) is 7.07. The number of nitrogens with zero attached hydrogens (tertiary/aromatic N) is 5. The molecule has 2 N–H and O–H groups in total. The Labute approximate surface area is 247 Å². The summed E-state index contributed by atoms with van der Waals surface area (Å²) in [7, 11) is 0. The van der Waals surface area contributed by atoms with Crippen LogP contribution in [0.5, 0.6) is 17.5 Å². The molecule has 0 aliphatic carbocycles. The third kappa shape index (κ3) is 7.04. The molecule has 17 heteroatoms. The Morgan fingerprint density at radius 3 is 2.36 bits per heavy atom. The highest BCUT2D eigenvalue weighted by atomic mass is 19.4. The number of carboxylic acid groups (broad SMARTS) is 1. The van der Waals surface area contributed by atoms with Crippen molar-refractivity contribution in [1.82, 2.24) is 14.5 Å². The van der Waals surface area contributed by atoms with Crippen molar-refractivity contribution in [1.29, 1.82) is 0 Å². The van der Waals surface area contributed by atoms with Gasteiger partial charge in [-0.1, -0.05) is 0 Å². The molecule has 0 radical (unpaired) electrons. The van der Waals surface area contributed by atoms with Crippen molar-refractivity contribution >= 4 is 29.3 Å². The number of likely N-dealkylation sites (tertiary alicyclic amines) is 1. The normalized spacial score (nSPS) is 18.2. The van der Waals surface area contributed by atoms with Crippen LogP contribution in [0.1, 0.15) is 19.8 Å². The molecule has 1 aromatic heterocycles. The average molecular weight is 621 g/mol. The predicted octanol–water partition coefficient (Wildman–Crippen LogP) is 5.10. The van der Waals surface area contributed by atoms with Gasteiger partial charge in [0, 0.05) is 35.5 Å². The quantitative estimate of drug-likeness (QED) is 0.258. The molecule has 14 nitrogen and oxygen atoms in total. The standard InChI is InChI=1S/C27H27F3N6O8/c1-26(15-34-14-22(36(40)41)32-24(34)44-26)16-42-20-8-4-18(5-9-20)35(19-10-12-33(13-11-19)25(38)39)23(37)31-17-2-6-21(7-3-17)43-27(28,29)30/h2-9,14,19H,10-13,15-16H2,1H3,(H,31,37)(H,38,39). The number of nitrogens with one attached hydrogen (secondary N) is 1. The molecule has 0 spiro atoms. The van der Waals surface area contributed by atoms with Gasteiger partial charge in [-0.05, 0) is 73.2 Å². The minimum atomic E-state index is -4.85. The number of nitro groups is 1. The Balaban J connectivity index is 1.27. The van der Waals surface area contributed by atoms with Gasteiger partial charge in [0.25, 0.3) is 0 Å². The SMILES string of the molecule is CC1(COc2ccc(N(C(=O)Nc3ccc(OC(F)(F)F)cc3)C3CCN(C(=O)O)CC3)cc2)Cn2cc([N+](=O)[O-])nc2O1. The van der Waals surface area contributed by atoms with Gasteiger partial charge in [-0.3, -0.25) is 9.47 Å². The smallest absolute Gasteiger partial charge is 0.489 e. The van der Waals surface area contributed by atoms with Crippen molar-refractivity contribution in [2.24, 2.45) is 0 Å². The lowest BCUT2D eigenvalue weighted by atomic mass is 10.0. The second-order valence-corrected chi connectivity index (χ2v) is 10.5. The number of hydrogen-bond acceptors (Lipinski definition) is 8. The van der Waals surface area contributed by atoms with Gasteiger partial charge in [-0.25, -0.2) is 9.59 Å². The summed E-state index contributed by atoms with van der Waals surface area (Å²) in [5, 5.41) is 22.9. The number of amides is 3. The Morgan fingerprint density at radius 1 is 1.16 bits per heavy atom. The zero-order valence-corrected chi connectivity index (χ0v) is 23.2. The fourth-order valence-corrected chi connectivity index (χ4v) is 5.03. The van der Waals surface area contributed by atoms with Crippen molar-refractivity contribution in [2.75, 3.05) is 29.9 Å². The maximum absolute atomic E-state index is 13.5. The highest BCUT2D eigenvalue weighted by Gasteiger charge is 2.41. The molecule has 2 aliphatic rings. The number of aromatic nitrogens is 2. The summed E-state index contributed by atoms with van der Waals surface area (Å²) in [6.07, 6.45) is -3.89. The highest BCUT2D eigenvalue weighted by molar-refractivity contribution is 6.02. The van der Waals surface area contributed by atoms with Crippen LogP contribution >= 0.6 is 0 Å². The molecule has 44 heavy (non-hydrogen) atoms. The molecule has 1 saturated heterocycles. The Morgan fingerprint density at radius 2 is 1.80 bits per heavy atom. The second kappa shape index (κ2) is 11.8. The van der Waals surface area contributed by atoms with Gasteiger partial charge in [0.1, 0.15) is 24.3 Å². The summed E-state index contributed by atoms with van der Waals surface area (Å²) in [4.78, 5) is 41.8. The van der Waals surface area contributed by atoms with Crippen LogP contribution in [0.3, 0.4) is 0 Å². The minimum Gasteiger partial charge on any atom is -0.489 e. The molecule has 234 valence electrons. The summed E-state index contributed by atoms with van der Waals surface area (Å²) >= 11 is 0. The number of hydrogen-bond donors (Lipinski definition) is 2. The van der Waals surface area contributed by atoms with E-state index >= 15 is 0 Å². The van der Waals surface area contributed by atoms with Crippen LogP contribution in [0.15, 0.2) is 54.7 Å². The lowest BCUT2D eigenvalue weighted by Crippen LogP contribution is -2.50. The molecule has 2 aliphatic heterocycles. The number of alkyl halides is 3. The van der Waals surface area contributed by atoms with Crippen molar-refractivity contribution in [3.8, 4) is 17.5 Å². The van der Waals surface area contributed by atoms with E-state index in [2.05, 4.69) is 15.0 Å². The molecule has 3 aromatic rings. The van der Waals surface area contributed by atoms with Crippen LogP contribution in [0.2, 0.25) is 0 Å². The number of ether oxygens (including phenoxy) is 3. The van der Waals surface area contributed by atoms with Gasteiger partial charge in [0.05, 0.1) is 6.54 Å². The monoisotopic (exact) mass is 620 g/mol. The Hall–Kier alpha value is -5.22. The zero-order valence-electron chi connectivity index (χ0n) is 23.2. The lowest BCUT2D eigenvalue weighted by molar-refractivity contribution is -0.389. The fourth-order valence-electron chi connectivity index (χ4n) is 5.03. The van der Waals surface area contributed by atoms with Crippen LogP contribution in [0.25, 0.3) is 0 Å². The summed E-state index contributed by atoms with van der Waals surface area (Å²) in [6, 6.07) is 10.5. The van der Waals surface area contributed by atoms with E-state index in [0.29, 0.717) is 24.3 Å². The molecule has 5 rings (SSSR count). The van der Waals surface area contributed by atoms with Gasteiger partial charge in [0.15, 0.2) is 5.60 Å². The Bertz CT molecular complexity index is 1500. The molecule has 1 unspecified atom stereocenters.